The molecule has 0 radical (unpaired) electrons. The van der Waals surface area contributed by atoms with Crippen LogP contribution in [0.1, 0.15) is 35.3 Å². The number of furan rings is 1. The molecule has 1 aliphatic rings. The molecular formula is C23H24N2O4S. The molecule has 30 heavy (non-hydrogen) atoms. The maximum atomic E-state index is 12.8. The monoisotopic (exact) mass is 424 g/mol. The average Bonchev–Trinajstić information content (AvgIpc) is 3.36. The van der Waals surface area contributed by atoms with Crippen LogP contribution >= 0.6 is 0 Å². The van der Waals surface area contributed by atoms with Crippen molar-refractivity contribution in [2.45, 2.75) is 43.5 Å². The van der Waals surface area contributed by atoms with Crippen LogP contribution in [-0.2, 0) is 26.8 Å². The van der Waals surface area contributed by atoms with E-state index in [-0.39, 0.29) is 10.8 Å². The highest BCUT2D eigenvalue weighted by Gasteiger charge is 2.51. The summed E-state index contributed by atoms with van der Waals surface area (Å²) < 4.78 is 33.5. The average molecular weight is 425 g/mol. The van der Waals surface area contributed by atoms with Crippen molar-refractivity contribution in [3.63, 3.8) is 0 Å². The lowest BCUT2D eigenvalue weighted by Gasteiger charge is -2.16. The number of anilines is 1. The SMILES string of the molecule is Cc1ccc(C)c(S(=O)(=O)Nc2ccc(C3(C(=O)NCc4ccco4)CC3)cc2)c1. The number of rotatable bonds is 7. The maximum Gasteiger partial charge on any atom is 0.262 e. The highest BCUT2D eigenvalue weighted by Crippen LogP contribution is 2.48. The van der Waals surface area contributed by atoms with Gasteiger partial charge in [-0.25, -0.2) is 8.42 Å². The smallest absolute Gasteiger partial charge is 0.262 e. The van der Waals surface area contributed by atoms with E-state index in [1.807, 2.05) is 31.2 Å². The molecule has 3 aromatic rings. The largest absolute Gasteiger partial charge is 0.467 e. The Labute approximate surface area is 176 Å². The van der Waals surface area contributed by atoms with Crippen LogP contribution in [0.25, 0.3) is 0 Å². The first-order valence-corrected chi connectivity index (χ1v) is 11.3. The molecule has 0 unspecified atom stereocenters. The summed E-state index contributed by atoms with van der Waals surface area (Å²) in [7, 11) is -3.69. The molecule has 0 spiro atoms. The predicted molar refractivity (Wildman–Crippen MR) is 115 cm³/mol. The van der Waals surface area contributed by atoms with Gasteiger partial charge in [0.25, 0.3) is 10.0 Å². The Morgan fingerprint density at radius 3 is 2.43 bits per heavy atom. The fraction of sp³-hybridized carbons (Fsp3) is 0.261. The molecule has 2 aromatic carbocycles. The molecule has 4 rings (SSSR count). The van der Waals surface area contributed by atoms with Gasteiger partial charge in [0, 0.05) is 5.69 Å². The highest BCUT2D eigenvalue weighted by atomic mass is 32.2. The van der Waals surface area contributed by atoms with Gasteiger partial charge in [0.05, 0.1) is 23.1 Å². The fourth-order valence-electron chi connectivity index (χ4n) is 3.59. The van der Waals surface area contributed by atoms with E-state index in [2.05, 4.69) is 10.0 Å². The van der Waals surface area contributed by atoms with E-state index in [1.54, 1.807) is 43.5 Å². The van der Waals surface area contributed by atoms with E-state index in [9.17, 15) is 13.2 Å². The van der Waals surface area contributed by atoms with Crippen molar-refractivity contribution in [1.29, 1.82) is 0 Å². The van der Waals surface area contributed by atoms with Crippen molar-refractivity contribution in [1.82, 2.24) is 5.32 Å². The number of hydrogen-bond acceptors (Lipinski definition) is 4. The Morgan fingerprint density at radius 1 is 1.07 bits per heavy atom. The van der Waals surface area contributed by atoms with Gasteiger partial charge in [0.15, 0.2) is 0 Å². The van der Waals surface area contributed by atoms with Gasteiger partial charge in [-0.05, 0) is 73.7 Å². The summed E-state index contributed by atoms with van der Waals surface area (Å²) in [6.07, 6.45) is 3.11. The second-order valence-electron chi connectivity index (χ2n) is 7.80. The Bertz CT molecular complexity index is 1160. The number of sulfonamides is 1. The minimum absolute atomic E-state index is 0.0392. The molecule has 1 aromatic heterocycles. The molecule has 1 amide bonds. The summed E-state index contributed by atoms with van der Waals surface area (Å²) in [5, 5.41) is 2.93. The number of carbonyl (C=O) groups excluding carboxylic acids is 1. The van der Waals surface area contributed by atoms with E-state index in [0.717, 1.165) is 24.0 Å². The van der Waals surface area contributed by atoms with Crippen molar-refractivity contribution in [2.24, 2.45) is 0 Å². The first kappa shape index (κ1) is 20.2. The molecule has 1 fully saturated rings. The molecule has 0 saturated heterocycles. The molecule has 1 saturated carbocycles. The summed E-state index contributed by atoms with van der Waals surface area (Å²) in [4.78, 5) is 13.0. The molecule has 1 aliphatic carbocycles. The second kappa shape index (κ2) is 7.65. The van der Waals surface area contributed by atoms with Gasteiger partial charge in [0.2, 0.25) is 5.91 Å². The summed E-state index contributed by atoms with van der Waals surface area (Å²) >= 11 is 0. The van der Waals surface area contributed by atoms with Crippen LogP contribution in [0.3, 0.4) is 0 Å². The zero-order valence-corrected chi connectivity index (χ0v) is 17.8. The lowest BCUT2D eigenvalue weighted by Crippen LogP contribution is -2.34. The number of hydrogen-bond donors (Lipinski definition) is 2. The standard InChI is InChI=1S/C23H24N2O4S/c1-16-5-6-17(2)21(14-16)30(27,28)25-19-9-7-18(8-10-19)23(11-12-23)22(26)24-15-20-4-3-13-29-20/h3-10,13-14,25H,11-12,15H2,1-2H3,(H,24,26). The van der Waals surface area contributed by atoms with Gasteiger partial charge in [0.1, 0.15) is 5.76 Å². The van der Waals surface area contributed by atoms with Crippen LogP contribution in [0.2, 0.25) is 0 Å². The lowest BCUT2D eigenvalue weighted by atomic mass is 9.95. The van der Waals surface area contributed by atoms with Crippen LogP contribution < -0.4 is 10.0 Å². The van der Waals surface area contributed by atoms with Crippen LogP contribution in [0, 0.1) is 13.8 Å². The van der Waals surface area contributed by atoms with Crippen LogP contribution in [0.15, 0.2) is 70.2 Å². The molecule has 6 nitrogen and oxygen atoms in total. The highest BCUT2D eigenvalue weighted by molar-refractivity contribution is 7.92. The molecule has 0 aliphatic heterocycles. The first-order valence-electron chi connectivity index (χ1n) is 9.81. The van der Waals surface area contributed by atoms with Gasteiger partial charge < -0.3 is 9.73 Å². The van der Waals surface area contributed by atoms with Gasteiger partial charge in [-0.2, -0.15) is 0 Å². The van der Waals surface area contributed by atoms with Crippen LogP contribution in [0.4, 0.5) is 5.69 Å². The zero-order chi connectivity index (χ0) is 21.4. The number of carbonyl (C=O) groups is 1. The normalized spacial score (nSPS) is 14.9. The van der Waals surface area contributed by atoms with Crippen LogP contribution in [0.5, 0.6) is 0 Å². The Hall–Kier alpha value is -3.06. The zero-order valence-electron chi connectivity index (χ0n) is 16.9. The third kappa shape index (κ3) is 3.98. The predicted octanol–water partition coefficient (Wildman–Crippen LogP) is 4.05. The number of amides is 1. The Morgan fingerprint density at radius 2 is 1.80 bits per heavy atom. The fourth-order valence-corrected chi connectivity index (χ4v) is 4.98. The molecular weight excluding hydrogens is 400 g/mol. The first-order chi connectivity index (χ1) is 14.3. The molecule has 156 valence electrons. The van der Waals surface area contributed by atoms with Crippen molar-refractivity contribution in [3.8, 4) is 0 Å². The van der Waals surface area contributed by atoms with Gasteiger partial charge >= 0.3 is 0 Å². The topological polar surface area (TPSA) is 88.4 Å². The molecule has 1 heterocycles. The molecule has 0 atom stereocenters. The lowest BCUT2D eigenvalue weighted by molar-refractivity contribution is -0.123. The van der Waals surface area contributed by atoms with E-state index >= 15 is 0 Å². The number of nitrogens with one attached hydrogen (secondary N) is 2. The number of aryl methyl sites for hydroxylation is 2. The Kier molecular flexibility index (Phi) is 5.15. The quantitative estimate of drug-likeness (QED) is 0.599. The van der Waals surface area contributed by atoms with E-state index in [4.69, 9.17) is 4.42 Å². The molecule has 2 N–H and O–H groups in total. The summed E-state index contributed by atoms with van der Waals surface area (Å²) in [5.41, 5.74) is 2.37. The maximum absolute atomic E-state index is 12.8. The van der Waals surface area contributed by atoms with E-state index in [1.165, 1.54) is 0 Å². The summed E-state index contributed by atoms with van der Waals surface area (Å²) in [5.74, 6) is 0.665. The minimum atomic E-state index is -3.69. The third-order valence-corrected chi connectivity index (χ3v) is 7.03. The van der Waals surface area contributed by atoms with Gasteiger partial charge in [-0.3, -0.25) is 9.52 Å². The Balaban J connectivity index is 1.47. The summed E-state index contributed by atoms with van der Waals surface area (Å²) in [6.45, 7) is 3.98. The van der Waals surface area contributed by atoms with Gasteiger partial charge in [-0.15, -0.1) is 0 Å². The number of benzene rings is 2. The van der Waals surface area contributed by atoms with Crippen LogP contribution in [-0.4, -0.2) is 14.3 Å². The van der Waals surface area contributed by atoms with Crippen molar-refractivity contribution in [2.75, 3.05) is 4.72 Å². The molecule has 7 heteroatoms. The minimum Gasteiger partial charge on any atom is -0.467 e. The summed E-state index contributed by atoms with van der Waals surface area (Å²) in [6, 6.07) is 16.0. The van der Waals surface area contributed by atoms with Gasteiger partial charge in [-0.1, -0.05) is 24.3 Å². The third-order valence-electron chi connectivity index (χ3n) is 5.51. The van der Waals surface area contributed by atoms with E-state index < -0.39 is 15.4 Å². The van der Waals surface area contributed by atoms with Crippen molar-refractivity contribution < 1.29 is 17.6 Å². The van der Waals surface area contributed by atoms with E-state index in [0.29, 0.717) is 23.6 Å². The van der Waals surface area contributed by atoms with Crippen molar-refractivity contribution >= 4 is 21.6 Å². The second-order valence-corrected chi connectivity index (χ2v) is 9.45. The molecule has 0 bridgehead atoms. The van der Waals surface area contributed by atoms with Crippen molar-refractivity contribution in [3.05, 3.63) is 83.3 Å².